The van der Waals surface area contributed by atoms with Gasteiger partial charge in [-0.15, -0.1) is 0 Å². The maximum Gasteiger partial charge on any atom is 0.228 e. The first-order chi connectivity index (χ1) is 19.2. The van der Waals surface area contributed by atoms with E-state index in [1.165, 1.54) is 68.2 Å². The van der Waals surface area contributed by atoms with E-state index in [2.05, 4.69) is 86.5 Å². The summed E-state index contributed by atoms with van der Waals surface area (Å²) in [4.78, 5) is 14.4. The maximum absolute atomic E-state index is 13.1. The molecule has 0 fully saturated rings. The minimum absolute atomic E-state index is 0. The molecule has 6 heteroatoms. The second-order valence-corrected chi connectivity index (χ2v) is 13.3. The van der Waals surface area contributed by atoms with Gasteiger partial charge in [-0.3, -0.25) is 4.79 Å². The number of anilines is 1. The van der Waals surface area contributed by atoms with Gasteiger partial charge in [-0.05, 0) is 42.5 Å². The van der Waals surface area contributed by atoms with Crippen LogP contribution in [0.5, 0.6) is 5.75 Å². The summed E-state index contributed by atoms with van der Waals surface area (Å²) in [6, 6.07) is 14.5. The Bertz CT molecular complexity index is 1180. The van der Waals surface area contributed by atoms with Crippen LogP contribution in [0.1, 0.15) is 113 Å². The van der Waals surface area contributed by atoms with Crippen molar-refractivity contribution in [2.45, 2.75) is 117 Å². The number of aryl methyl sites for hydroxylation is 1. The lowest BCUT2D eigenvalue weighted by molar-refractivity contribution is -0.683. The second-order valence-electron chi connectivity index (χ2n) is 12.2. The van der Waals surface area contributed by atoms with Crippen LogP contribution in [0, 0.1) is 6.92 Å². The molecule has 0 saturated heterocycles. The number of carbonyl (C=O) groups excluding carboxylic acids is 1. The zero-order valence-corrected chi connectivity index (χ0v) is 28.3. The summed E-state index contributed by atoms with van der Waals surface area (Å²) < 4.78 is 8.48. The molecule has 41 heavy (non-hydrogen) atoms. The number of hydrogen-bond acceptors (Lipinski definition) is 3. The highest BCUT2D eigenvalue weighted by Crippen LogP contribution is 2.29. The van der Waals surface area contributed by atoms with Gasteiger partial charge in [0.05, 0.1) is 17.9 Å². The average molecular weight is 644 g/mol. The van der Waals surface area contributed by atoms with E-state index in [1.54, 1.807) is 11.3 Å². The Morgan fingerprint density at radius 2 is 1.61 bits per heavy atom. The molecule has 3 rings (SSSR count). The first-order valence-electron chi connectivity index (χ1n) is 15.3. The van der Waals surface area contributed by atoms with Gasteiger partial charge >= 0.3 is 0 Å². The summed E-state index contributed by atoms with van der Waals surface area (Å²) in [6.07, 6.45) is 15.5. The third-order valence-electron chi connectivity index (χ3n) is 7.34. The Morgan fingerprint density at radius 1 is 0.927 bits per heavy atom. The van der Waals surface area contributed by atoms with Crippen LogP contribution in [0.4, 0.5) is 5.69 Å². The smallest absolute Gasteiger partial charge is 0.228 e. The Kier molecular flexibility index (Phi) is 15.7. The molecule has 0 aliphatic rings. The Balaban J connectivity index is 0.00000588. The lowest BCUT2D eigenvalue weighted by Crippen LogP contribution is -3.00. The number of aromatic nitrogens is 1. The Labute approximate surface area is 263 Å². The molecule has 1 amide bonds. The molecule has 1 N–H and O–H groups in total. The molecule has 0 aliphatic carbocycles. The monoisotopic (exact) mass is 642 g/mol. The van der Waals surface area contributed by atoms with E-state index >= 15 is 0 Å². The molecule has 226 valence electrons. The molecule has 0 radical (unpaired) electrons. The van der Waals surface area contributed by atoms with Gasteiger partial charge in [-0.1, -0.05) is 121 Å². The van der Waals surface area contributed by atoms with E-state index in [1.807, 2.05) is 12.1 Å². The predicted octanol–water partition coefficient (Wildman–Crippen LogP) is 6.17. The summed E-state index contributed by atoms with van der Waals surface area (Å²) in [7, 11) is 0. The van der Waals surface area contributed by atoms with Gasteiger partial charge in [0, 0.05) is 16.8 Å². The van der Waals surface area contributed by atoms with Gasteiger partial charge in [0.25, 0.3) is 0 Å². The maximum atomic E-state index is 13.1. The largest absolute Gasteiger partial charge is 1.00 e. The first-order valence-corrected chi connectivity index (χ1v) is 16.2. The topological polar surface area (TPSA) is 42.2 Å². The minimum Gasteiger partial charge on any atom is -1.00 e. The Morgan fingerprint density at radius 3 is 2.24 bits per heavy atom. The van der Waals surface area contributed by atoms with Crippen LogP contribution >= 0.6 is 11.3 Å². The number of nitrogens with one attached hydrogen (secondary N) is 1. The lowest BCUT2D eigenvalue weighted by atomic mass is 9.86. The number of unbranched alkanes of at least 4 members (excludes halogenated alkanes) is 9. The quantitative estimate of drug-likeness (QED) is 0.141. The fourth-order valence-corrected chi connectivity index (χ4v) is 5.57. The second kappa shape index (κ2) is 18.4. The highest BCUT2D eigenvalue weighted by Gasteiger charge is 2.18. The number of thiazole rings is 1. The van der Waals surface area contributed by atoms with Gasteiger partial charge in [0.1, 0.15) is 5.75 Å². The van der Waals surface area contributed by atoms with Crippen molar-refractivity contribution in [1.29, 1.82) is 0 Å². The molecule has 1 heterocycles. The summed E-state index contributed by atoms with van der Waals surface area (Å²) >= 11 is 1.74. The van der Waals surface area contributed by atoms with E-state index in [-0.39, 0.29) is 28.3 Å². The zero-order chi connectivity index (χ0) is 28.8. The zero-order valence-electron chi connectivity index (χ0n) is 25.9. The van der Waals surface area contributed by atoms with E-state index in [4.69, 9.17) is 4.74 Å². The van der Waals surface area contributed by atoms with Crippen LogP contribution in [0.25, 0.3) is 0 Å². The van der Waals surface area contributed by atoms with Gasteiger partial charge in [-0.25, -0.2) is 0 Å². The number of hydrogen-bond donors (Lipinski definition) is 1. The molecule has 3 aromatic rings. The van der Waals surface area contributed by atoms with Crippen LogP contribution in [-0.4, -0.2) is 12.5 Å². The SMILES string of the molecule is CCCCCCCCCCCCOc1cc(C(C)(C)C)ccc1CC(=O)Nc1cccc(C[n+]2csc(C)c2)c1.[Br-]. The molecule has 2 aromatic carbocycles. The van der Waals surface area contributed by atoms with Crippen LogP contribution in [0.3, 0.4) is 0 Å². The number of halogens is 1. The molecule has 0 unspecified atom stereocenters. The fraction of sp³-hybridized carbons (Fsp3) is 0.543. The third-order valence-corrected chi connectivity index (χ3v) is 8.19. The normalized spacial score (nSPS) is 11.2. The van der Waals surface area contributed by atoms with Crippen molar-refractivity contribution in [2.24, 2.45) is 0 Å². The van der Waals surface area contributed by atoms with Crippen molar-refractivity contribution in [1.82, 2.24) is 0 Å². The minimum atomic E-state index is -0.0246. The highest BCUT2D eigenvalue weighted by atomic mass is 79.9. The molecular formula is C35H51BrN2O2S. The molecule has 0 aliphatic heterocycles. The summed E-state index contributed by atoms with van der Waals surface area (Å²) in [6.45, 7) is 12.5. The number of benzene rings is 2. The number of amides is 1. The number of rotatable bonds is 17. The summed E-state index contributed by atoms with van der Waals surface area (Å²) in [5.41, 5.74) is 6.31. The van der Waals surface area contributed by atoms with Crippen LogP contribution < -0.4 is 31.6 Å². The van der Waals surface area contributed by atoms with E-state index in [0.29, 0.717) is 13.0 Å². The van der Waals surface area contributed by atoms with Crippen molar-refractivity contribution >= 4 is 22.9 Å². The van der Waals surface area contributed by atoms with Gasteiger partial charge in [0.2, 0.25) is 11.4 Å². The van der Waals surface area contributed by atoms with Crippen molar-refractivity contribution in [3.05, 3.63) is 75.7 Å². The van der Waals surface area contributed by atoms with Crippen LogP contribution in [0.15, 0.2) is 54.2 Å². The molecule has 1 aromatic heterocycles. The number of nitrogens with zero attached hydrogens (tertiary/aromatic N) is 1. The van der Waals surface area contributed by atoms with Gasteiger partial charge in [0.15, 0.2) is 12.7 Å². The van der Waals surface area contributed by atoms with E-state index < -0.39 is 0 Å². The third kappa shape index (κ3) is 13.1. The molecule has 0 bridgehead atoms. The summed E-state index contributed by atoms with van der Waals surface area (Å²) in [5, 5.41) is 3.10. The van der Waals surface area contributed by atoms with Crippen molar-refractivity contribution in [3.63, 3.8) is 0 Å². The van der Waals surface area contributed by atoms with Gasteiger partial charge < -0.3 is 27.0 Å². The lowest BCUT2D eigenvalue weighted by Gasteiger charge is -2.21. The number of carbonyl (C=O) groups is 1. The summed E-state index contributed by atoms with van der Waals surface area (Å²) in [5.74, 6) is 0.819. The standard InChI is InChI=1S/C35H50N2O2S.BrH/c1-6-7-8-9-10-11-12-13-14-15-21-39-33-24-31(35(3,4)5)20-19-30(33)23-34(38)36-32-18-16-17-29(22-32)26-37-25-28(2)40-27-37;/h16-20,22,24-25,27H,6-15,21,23,26H2,1-5H3;1H. The van der Waals surface area contributed by atoms with Crippen molar-refractivity contribution in [3.8, 4) is 5.75 Å². The first kappa shape index (κ1) is 35.0. The van der Waals surface area contributed by atoms with E-state index in [9.17, 15) is 4.79 Å². The van der Waals surface area contributed by atoms with Crippen molar-refractivity contribution < 1.29 is 31.1 Å². The molecule has 4 nitrogen and oxygen atoms in total. The molecule has 0 saturated carbocycles. The number of ether oxygens (including phenoxy) is 1. The predicted molar refractivity (Wildman–Crippen MR) is 170 cm³/mol. The fourth-order valence-electron chi connectivity index (χ4n) is 4.94. The average Bonchev–Trinajstić information content (AvgIpc) is 3.31. The van der Waals surface area contributed by atoms with Gasteiger partial charge in [-0.2, -0.15) is 4.57 Å². The van der Waals surface area contributed by atoms with E-state index in [0.717, 1.165) is 35.5 Å². The van der Waals surface area contributed by atoms with Crippen molar-refractivity contribution in [2.75, 3.05) is 11.9 Å². The van der Waals surface area contributed by atoms with Crippen LogP contribution in [0.2, 0.25) is 0 Å². The molecule has 0 atom stereocenters. The highest BCUT2D eigenvalue weighted by molar-refractivity contribution is 7.09. The Hall–Kier alpha value is -2.18. The molecular weight excluding hydrogens is 592 g/mol. The molecule has 0 spiro atoms. The van der Waals surface area contributed by atoms with Crippen LogP contribution in [-0.2, 0) is 23.2 Å².